The van der Waals surface area contributed by atoms with Crippen LogP contribution in [0.25, 0.3) is 0 Å². The molecule has 1 N–H and O–H groups in total. The predicted molar refractivity (Wildman–Crippen MR) is 95.2 cm³/mol. The normalized spacial score (nSPS) is 12.3. The van der Waals surface area contributed by atoms with E-state index in [2.05, 4.69) is 14.2 Å². The van der Waals surface area contributed by atoms with Crippen molar-refractivity contribution >= 4 is 29.8 Å². The summed E-state index contributed by atoms with van der Waals surface area (Å²) < 4.78 is 23.4. The second kappa shape index (κ2) is 15.3. The van der Waals surface area contributed by atoms with Crippen LogP contribution in [0.15, 0.2) is 0 Å². The molecule has 0 aromatic heterocycles. The highest BCUT2D eigenvalue weighted by molar-refractivity contribution is 5.83. The number of unbranched alkanes of at least 4 members (excludes halogenated alkanes) is 2. The van der Waals surface area contributed by atoms with E-state index in [0.29, 0.717) is 32.3 Å². The van der Waals surface area contributed by atoms with Gasteiger partial charge in [-0.2, -0.15) is 0 Å². The maximum Gasteiger partial charge on any atom is 0.347 e. The van der Waals surface area contributed by atoms with E-state index in [9.17, 15) is 24.0 Å². The zero-order valence-electron chi connectivity index (χ0n) is 16.8. The second-order valence-electron chi connectivity index (χ2n) is 5.86. The Morgan fingerprint density at radius 3 is 2.00 bits per heavy atom. The highest BCUT2D eigenvalue weighted by atomic mass is 16.6. The lowest BCUT2D eigenvalue weighted by atomic mass is 10.2. The Kier molecular flexibility index (Phi) is 13.8. The molecule has 0 heterocycles. The van der Waals surface area contributed by atoms with Gasteiger partial charge in [0.2, 0.25) is 0 Å². The van der Waals surface area contributed by atoms with Gasteiger partial charge in [-0.25, -0.2) is 19.2 Å². The third kappa shape index (κ3) is 14.0. The van der Waals surface area contributed by atoms with Crippen LogP contribution >= 0.6 is 0 Å². The monoisotopic (exact) mass is 420 g/mol. The summed E-state index contributed by atoms with van der Waals surface area (Å²) in [4.78, 5) is 56.7. The molecule has 0 saturated heterocycles. The summed E-state index contributed by atoms with van der Waals surface area (Å²) in [6.45, 7) is 3.12. The number of esters is 5. The zero-order chi connectivity index (χ0) is 22.2. The number of rotatable bonds is 14. The lowest BCUT2D eigenvalue weighted by molar-refractivity contribution is -0.175. The van der Waals surface area contributed by atoms with Gasteiger partial charge in [0.25, 0.3) is 0 Å². The first-order valence-electron chi connectivity index (χ1n) is 9.19. The molecule has 166 valence electrons. The molecule has 0 fully saturated rings. The Morgan fingerprint density at radius 2 is 1.38 bits per heavy atom. The van der Waals surface area contributed by atoms with Crippen molar-refractivity contribution in [1.29, 1.82) is 0 Å². The lowest BCUT2D eigenvalue weighted by Gasteiger charge is -2.13. The molecule has 0 aliphatic heterocycles. The third-order valence-electron chi connectivity index (χ3n) is 3.24. The lowest BCUT2D eigenvalue weighted by Crippen LogP contribution is -2.32. The van der Waals surface area contributed by atoms with E-state index in [-0.39, 0.29) is 12.6 Å². The summed E-state index contributed by atoms with van der Waals surface area (Å²) in [5.41, 5.74) is 0. The van der Waals surface area contributed by atoms with Crippen molar-refractivity contribution in [2.75, 3.05) is 26.4 Å². The Morgan fingerprint density at radius 1 is 0.759 bits per heavy atom. The SMILES string of the molecule is CCOC(=O)CCCCCOC(=O)COC(=O)COC(=O)C(C)OC(=O)C(C)O. The smallest absolute Gasteiger partial charge is 0.347 e. The van der Waals surface area contributed by atoms with Gasteiger partial charge >= 0.3 is 29.8 Å². The van der Waals surface area contributed by atoms with Crippen molar-refractivity contribution in [3.05, 3.63) is 0 Å². The van der Waals surface area contributed by atoms with Gasteiger partial charge in [-0.1, -0.05) is 0 Å². The molecule has 0 rings (SSSR count). The largest absolute Gasteiger partial charge is 0.466 e. The van der Waals surface area contributed by atoms with Gasteiger partial charge in [-0.05, 0) is 40.0 Å². The molecule has 29 heavy (non-hydrogen) atoms. The molecule has 2 unspecified atom stereocenters. The molecule has 0 aliphatic rings. The summed E-state index contributed by atoms with van der Waals surface area (Å²) in [5.74, 6) is -4.05. The second-order valence-corrected chi connectivity index (χ2v) is 5.86. The fourth-order valence-corrected chi connectivity index (χ4v) is 1.76. The first-order chi connectivity index (χ1) is 13.7. The molecule has 0 aromatic carbocycles. The van der Waals surface area contributed by atoms with E-state index in [0.717, 1.165) is 0 Å². The van der Waals surface area contributed by atoms with Gasteiger partial charge in [-0.15, -0.1) is 0 Å². The summed E-state index contributed by atoms with van der Waals surface area (Å²) in [6.07, 6.45) is -0.603. The van der Waals surface area contributed by atoms with Gasteiger partial charge in [0, 0.05) is 6.42 Å². The highest BCUT2D eigenvalue weighted by Crippen LogP contribution is 2.02. The summed E-state index contributed by atoms with van der Waals surface area (Å²) in [7, 11) is 0. The highest BCUT2D eigenvalue weighted by Gasteiger charge is 2.23. The van der Waals surface area contributed by atoms with E-state index in [1.54, 1.807) is 6.92 Å². The van der Waals surface area contributed by atoms with E-state index in [4.69, 9.17) is 14.6 Å². The fraction of sp³-hybridized carbons (Fsp3) is 0.722. The first-order valence-corrected chi connectivity index (χ1v) is 9.19. The molecule has 0 radical (unpaired) electrons. The van der Waals surface area contributed by atoms with Crippen LogP contribution in [0.2, 0.25) is 0 Å². The van der Waals surface area contributed by atoms with Crippen LogP contribution in [0.4, 0.5) is 0 Å². The minimum atomic E-state index is -1.40. The maximum atomic E-state index is 11.5. The minimum Gasteiger partial charge on any atom is -0.466 e. The van der Waals surface area contributed by atoms with Gasteiger partial charge < -0.3 is 28.8 Å². The van der Waals surface area contributed by atoms with Gasteiger partial charge in [-0.3, -0.25) is 4.79 Å². The van der Waals surface area contributed by atoms with E-state index < -0.39 is 49.3 Å². The topological polar surface area (TPSA) is 152 Å². The van der Waals surface area contributed by atoms with Gasteiger partial charge in [0.15, 0.2) is 19.3 Å². The van der Waals surface area contributed by atoms with Crippen molar-refractivity contribution in [2.24, 2.45) is 0 Å². The van der Waals surface area contributed by atoms with Gasteiger partial charge in [0.05, 0.1) is 13.2 Å². The van der Waals surface area contributed by atoms with Crippen molar-refractivity contribution in [3.63, 3.8) is 0 Å². The Hall–Kier alpha value is -2.69. The fourth-order valence-electron chi connectivity index (χ4n) is 1.76. The van der Waals surface area contributed by atoms with Crippen LogP contribution in [0, 0.1) is 0 Å². The average molecular weight is 420 g/mol. The molecule has 0 aromatic rings. The Bertz CT molecular complexity index is 556. The standard InChI is InChI=1S/C18H28O11/c1-4-25-14(20)8-6-5-7-9-26-15(21)10-27-16(22)11-28-18(24)13(3)29-17(23)12(2)19/h12-13,19H,4-11H2,1-3H3. The predicted octanol–water partition coefficient (Wildman–Crippen LogP) is 0.0520. The van der Waals surface area contributed by atoms with Crippen LogP contribution in [0.3, 0.4) is 0 Å². The number of hydrogen-bond donors (Lipinski definition) is 1. The van der Waals surface area contributed by atoms with Crippen molar-refractivity contribution < 1.29 is 52.8 Å². The number of carbonyl (C=O) groups excluding carboxylic acids is 5. The molecule has 2 atom stereocenters. The molecule has 0 aliphatic carbocycles. The minimum absolute atomic E-state index is 0.111. The van der Waals surface area contributed by atoms with E-state index >= 15 is 0 Å². The maximum absolute atomic E-state index is 11.5. The van der Waals surface area contributed by atoms with Crippen LogP contribution < -0.4 is 0 Å². The number of carbonyl (C=O) groups is 5. The van der Waals surface area contributed by atoms with Crippen LogP contribution in [-0.4, -0.2) is 73.6 Å². The van der Waals surface area contributed by atoms with Crippen LogP contribution in [0.5, 0.6) is 0 Å². The number of aliphatic hydroxyl groups is 1. The molecule has 11 nitrogen and oxygen atoms in total. The summed E-state index contributed by atoms with van der Waals surface area (Å²) in [5, 5.41) is 8.97. The van der Waals surface area contributed by atoms with E-state index in [1.165, 1.54) is 13.8 Å². The average Bonchev–Trinajstić information content (AvgIpc) is 2.66. The van der Waals surface area contributed by atoms with Crippen LogP contribution in [-0.2, 0) is 47.7 Å². The zero-order valence-corrected chi connectivity index (χ0v) is 16.8. The summed E-state index contributed by atoms with van der Waals surface area (Å²) >= 11 is 0. The number of aliphatic hydroxyl groups excluding tert-OH is 1. The van der Waals surface area contributed by atoms with Crippen molar-refractivity contribution in [1.82, 2.24) is 0 Å². The Labute approximate surface area is 168 Å². The van der Waals surface area contributed by atoms with Crippen molar-refractivity contribution in [2.45, 2.75) is 58.7 Å². The quantitative estimate of drug-likeness (QED) is 0.230. The van der Waals surface area contributed by atoms with Crippen LogP contribution in [0.1, 0.15) is 46.5 Å². The molecule has 0 spiro atoms. The van der Waals surface area contributed by atoms with Gasteiger partial charge in [0.1, 0.15) is 6.10 Å². The number of ether oxygens (including phenoxy) is 5. The molecular weight excluding hydrogens is 392 g/mol. The van der Waals surface area contributed by atoms with Crippen molar-refractivity contribution in [3.8, 4) is 0 Å². The first kappa shape index (κ1) is 26.3. The third-order valence-corrected chi connectivity index (χ3v) is 3.24. The van der Waals surface area contributed by atoms with E-state index in [1.807, 2.05) is 0 Å². The summed E-state index contributed by atoms with van der Waals surface area (Å²) in [6, 6.07) is 0. The Balaban J connectivity index is 3.80. The molecule has 0 bridgehead atoms. The molecule has 0 saturated carbocycles. The molecular formula is C18H28O11. The molecule has 11 heteroatoms. The number of hydrogen-bond acceptors (Lipinski definition) is 11. The molecule has 0 amide bonds.